The average Bonchev–Trinajstić information content (AvgIpc) is 2.45. The molecule has 0 spiro atoms. The molecule has 0 aliphatic heterocycles. The molecule has 0 bridgehead atoms. The van der Waals surface area contributed by atoms with Gasteiger partial charge in [-0.1, -0.05) is 15.9 Å². The zero-order chi connectivity index (χ0) is 16.0. The number of sulfonamides is 1. The molecule has 0 aliphatic carbocycles. The average molecular weight is 378 g/mol. The number of nitrogens with zero attached hydrogens (tertiary/aromatic N) is 1. The lowest BCUT2D eigenvalue weighted by molar-refractivity contribution is -0.131. The fourth-order valence-corrected chi connectivity index (χ4v) is 2.87. The van der Waals surface area contributed by atoms with Gasteiger partial charge in [0.25, 0.3) is 0 Å². The fourth-order valence-electron chi connectivity index (χ4n) is 1.57. The van der Waals surface area contributed by atoms with Crippen LogP contribution in [0, 0.1) is 0 Å². The Kier molecular flexibility index (Phi) is 6.79. The fraction of sp³-hybridized carbons (Fsp3) is 0.462. The number of benzene rings is 1. The molecule has 21 heavy (non-hydrogen) atoms. The first-order chi connectivity index (χ1) is 9.77. The van der Waals surface area contributed by atoms with Crippen LogP contribution in [0.4, 0.5) is 0 Å². The molecule has 1 aromatic carbocycles. The smallest absolute Gasteiger partial charge is 0.240 e. The molecular formula is C13H20BrN3O3S. The van der Waals surface area contributed by atoms with E-state index in [-0.39, 0.29) is 29.8 Å². The number of rotatable bonds is 7. The summed E-state index contributed by atoms with van der Waals surface area (Å²) >= 11 is 3.24. The van der Waals surface area contributed by atoms with Crippen molar-refractivity contribution in [2.24, 2.45) is 5.73 Å². The molecule has 0 aliphatic rings. The Hall–Kier alpha value is -0.960. The van der Waals surface area contributed by atoms with E-state index in [1.165, 1.54) is 17.0 Å². The number of halogens is 1. The molecule has 1 atom stereocenters. The van der Waals surface area contributed by atoms with Crippen molar-refractivity contribution in [2.45, 2.75) is 24.3 Å². The minimum atomic E-state index is -3.59. The maximum Gasteiger partial charge on any atom is 0.240 e. The molecule has 0 saturated heterocycles. The lowest BCUT2D eigenvalue weighted by Crippen LogP contribution is -2.41. The van der Waals surface area contributed by atoms with Gasteiger partial charge >= 0.3 is 0 Å². The molecule has 1 rings (SSSR count). The largest absolute Gasteiger partial charge is 0.342 e. The maximum absolute atomic E-state index is 12.0. The highest BCUT2D eigenvalue weighted by molar-refractivity contribution is 9.10. The van der Waals surface area contributed by atoms with Gasteiger partial charge in [0, 0.05) is 37.1 Å². The molecule has 0 fully saturated rings. The van der Waals surface area contributed by atoms with Crippen molar-refractivity contribution in [3.63, 3.8) is 0 Å². The molecule has 0 aromatic heterocycles. The molecule has 0 saturated carbocycles. The Balaban J connectivity index is 2.55. The van der Waals surface area contributed by atoms with Crippen molar-refractivity contribution >= 4 is 31.9 Å². The van der Waals surface area contributed by atoms with Gasteiger partial charge in [0.1, 0.15) is 0 Å². The summed E-state index contributed by atoms with van der Waals surface area (Å²) in [5.41, 5.74) is 5.49. The third kappa shape index (κ3) is 5.39. The van der Waals surface area contributed by atoms with Gasteiger partial charge in [-0.05, 0) is 31.2 Å². The van der Waals surface area contributed by atoms with E-state index in [0.29, 0.717) is 6.54 Å². The number of likely N-dealkylation sites (N-methyl/N-ethyl adjacent to an activating group) is 1. The Bertz CT molecular complexity index is 575. The number of hydrogen-bond donors (Lipinski definition) is 2. The Morgan fingerprint density at radius 3 is 2.48 bits per heavy atom. The zero-order valence-corrected chi connectivity index (χ0v) is 14.4. The lowest BCUT2D eigenvalue weighted by Gasteiger charge is -2.23. The van der Waals surface area contributed by atoms with Crippen LogP contribution in [0.15, 0.2) is 33.6 Å². The number of amides is 1. The van der Waals surface area contributed by atoms with Gasteiger partial charge in [-0.25, -0.2) is 13.1 Å². The van der Waals surface area contributed by atoms with E-state index in [4.69, 9.17) is 5.73 Å². The zero-order valence-electron chi connectivity index (χ0n) is 12.0. The normalized spacial score (nSPS) is 13.0. The van der Waals surface area contributed by atoms with Gasteiger partial charge in [0.15, 0.2) is 0 Å². The quantitative estimate of drug-likeness (QED) is 0.738. The van der Waals surface area contributed by atoms with Gasteiger partial charge in [0.05, 0.1) is 4.90 Å². The molecule has 118 valence electrons. The van der Waals surface area contributed by atoms with E-state index >= 15 is 0 Å². The second-order valence-corrected chi connectivity index (χ2v) is 7.37. The first-order valence-electron chi connectivity index (χ1n) is 6.49. The predicted molar refractivity (Wildman–Crippen MR) is 85.2 cm³/mol. The van der Waals surface area contributed by atoms with Gasteiger partial charge < -0.3 is 10.6 Å². The minimum Gasteiger partial charge on any atom is -0.342 e. The van der Waals surface area contributed by atoms with Crippen LogP contribution in [-0.4, -0.2) is 45.4 Å². The lowest BCUT2D eigenvalue weighted by atomic mass is 10.2. The third-order valence-electron chi connectivity index (χ3n) is 3.15. The number of carbonyl (C=O) groups is 1. The molecular weight excluding hydrogens is 358 g/mol. The summed E-state index contributed by atoms with van der Waals surface area (Å²) in [5, 5.41) is 0. The first kappa shape index (κ1) is 18.1. The van der Waals surface area contributed by atoms with Crippen molar-refractivity contribution in [2.75, 3.05) is 20.1 Å². The monoisotopic (exact) mass is 377 g/mol. The van der Waals surface area contributed by atoms with Crippen LogP contribution in [0.2, 0.25) is 0 Å². The summed E-state index contributed by atoms with van der Waals surface area (Å²) in [6, 6.07) is 6.22. The summed E-state index contributed by atoms with van der Waals surface area (Å²) in [6.07, 6.45) is 0.0938. The molecule has 8 heteroatoms. The van der Waals surface area contributed by atoms with Crippen LogP contribution in [0.1, 0.15) is 13.3 Å². The summed E-state index contributed by atoms with van der Waals surface area (Å²) < 4.78 is 27.2. The number of nitrogens with two attached hydrogens (primary N) is 1. The Labute approximate surface area is 133 Å². The summed E-state index contributed by atoms with van der Waals surface area (Å²) in [7, 11) is -1.93. The topological polar surface area (TPSA) is 92.5 Å². The van der Waals surface area contributed by atoms with Crippen molar-refractivity contribution in [3.8, 4) is 0 Å². The van der Waals surface area contributed by atoms with Crippen molar-refractivity contribution in [3.05, 3.63) is 28.7 Å². The van der Waals surface area contributed by atoms with E-state index < -0.39 is 10.0 Å². The van der Waals surface area contributed by atoms with Gasteiger partial charge in [0.2, 0.25) is 15.9 Å². The number of carbonyl (C=O) groups excluding carboxylic acids is 1. The van der Waals surface area contributed by atoms with Crippen LogP contribution in [-0.2, 0) is 14.8 Å². The number of hydrogen-bond acceptors (Lipinski definition) is 4. The van der Waals surface area contributed by atoms with Gasteiger partial charge in [-0.2, -0.15) is 0 Å². The van der Waals surface area contributed by atoms with E-state index in [9.17, 15) is 13.2 Å². The highest BCUT2D eigenvalue weighted by Gasteiger charge is 2.17. The van der Waals surface area contributed by atoms with Gasteiger partial charge in [-0.15, -0.1) is 0 Å². The summed E-state index contributed by atoms with van der Waals surface area (Å²) in [6.45, 7) is 2.26. The van der Waals surface area contributed by atoms with E-state index in [1.807, 2.05) is 6.92 Å². The summed E-state index contributed by atoms with van der Waals surface area (Å²) in [4.78, 5) is 13.5. The number of nitrogens with one attached hydrogen (secondary N) is 1. The van der Waals surface area contributed by atoms with E-state index in [1.54, 1.807) is 19.2 Å². The van der Waals surface area contributed by atoms with Crippen LogP contribution >= 0.6 is 15.9 Å². The van der Waals surface area contributed by atoms with Crippen molar-refractivity contribution in [1.82, 2.24) is 9.62 Å². The van der Waals surface area contributed by atoms with Crippen LogP contribution in [0.3, 0.4) is 0 Å². The Morgan fingerprint density at radius 1 is 1.38 bits per heavy atom. The highest BCUT2D eigenvalue weighted by atomic mass is 79.9. The third-order valence-corrected chi connectivity index (χ3v) is 5.16. The molecule has 1 amide bonds. The predicted octanol–water partition coefficient (Wildman–Crippen LogP) is 0.923. The van der Waals surface area contributed by atoms with Crippen LogP contribution < -0.4 is 10.5 Å². The van der Waals surface area contributed by atoms with E-state index in [0.717, 1.165) is 4.47 Å². The Morgan fingerprint density at radius 2 is 1.95 bits per heavy atom. The molecule has 0 heterocycles. The standard InChI is InChI=1S/C13H20BrN3O3S/c1-10(9-15)17(2)13(18)7-8-16-21(19,20)12-5-3-11(14)4-6-12/h3-6,10,16H,7-9,15H2,1-2H3. The molecule has 1 unspecified atom stereocenters. The highest BCUT2D eigenvalue weighted by Crippen LogP contribution is 2.14. The van der Waals surface area contributed by atoms with Crippen molar-refractivity contribution in [1.29, 1.82) is 0 Å². The second-order valence-electron chi connectivity index (χ2n) is 4.69. The van der Waals surface area contributed by atoms with Crippen LogP contribution in [0.25, 0.3) is 0 Å². The van der Waals surface area contributed by atoms with Gasteiger partial charge in [-0.3, -0.25) is 4.79 Å². The molecule has 6 nitrogen and oxygen atoms in total. The first-order valence-corrected chi connectivity index (χ1v) is 8.76. The molecule has 0 radical (unpaired) electrons. The second kappa shape index (κ2) is 7.88. The van der Waals surface area contributed by atoms with Crippen molar-refractivity contribution < 1.29 is 13.2 Å². The SMILES string of the molecule is CC(CN)N(C)C(=O)CCNS(=O)(=O)c1ccc(Br)cc1. The molecule has 3 N–H and O–H groups in total. The summed E-state index contributed by atoms with van der Waals surface area (Å²) in [5.74, 6) is -0.147. The minimum absolute atomic E-state index is 0.0544. The maximum atomic E-state index is 12.0. The van der Waals surface area contributed by atoms with Crippen LogP contribution in [0.5, 0.6) is 0 Å². The van der Waals surface area contributed by atoms with E-state index in [2.05, 4.69) is 20.7 Å². The molecule has 1 aromatic rings.